The summed E-state index contributed by atoms with van der Waals surface area (Å²) in [5.74, 6) is 0.0191. The third kappa shape index (κ3) is 1.50. The first-order valence-corrected chi connectivity index (χ1v) is 5.79. The van der Waals surface area contributed by atoms with E-state index in [1.165, 1.54) is 0 Å². The number of nitrogens with zero attached hydrogens (tertiary/aromatic N) is 1. The van der Waals surface area contributed by atoms with E-state index in [-0.39, 0.29) is 29.8 Å². The highest BCUT2D eigenvalue weighted by atomic mass is 16.3. The zero-order chi connectivity index (χ0) is 11.8. The first-order valence-electron chi connectivity index (χ1n) is 5.79. The Morgan fingerprint density at radius 1 is 1.69 bits per heavy atom. The number of fused-ring (bicyclic) bond motifs is 1. The highest BCUT2D eigenvalue weighted by molar-refractivity contribution is 5.80. The van der Waals surface area contributed by atoms with Crippen LogP contribution < -0.4 is 0 Å². The van der Waals surface area contributed by atoms with Crippen LogP contribution in [0.4, 0.5) is 0 Å². The van der Waals surface area contributed by atoms with Crippen LogP contribution in [-0.4, -0.2) is 36.1 Å². The van der Waals surface area contributed by atoms with Crippen LogP contribution >= 0.6 is 0 Å². The van der Waals surface area contributed by atoms with Gasteiger partial charge in [-0.05, 0) is 18.8 Å². The molecule has 0 aromatic rings. The molecule has 88 valence electrons. The van der Waals surface area contributed by atoms with Crippen LogP contribution in [0.3, 0.4) is 0 Å². The lowest BCUT2D eigenvalue weighted by Gasteiger charge is -2.50. The summed E-state index contributed by atoms with van der Waals surface area (Å²) in [6, 6.07) is 0. The molecule has 0 unspecified atom stereocenters. The Bertz CT molecular complexity index is 337. The molecule has 0 aromatic heterocycles. The quantitative estimate of drug-likeness (QED) is 0.712. The zero-order valence-corrected chi connectivity index (χ0v) is 9.72. The number of aliphatic hydroxyl groups is 1. The molecule has 2 rings (SSSR count). The number of hydrogen-bond acceptors (Lipinski definition) is 2. The molecule has 2 aliphatic rings. The standard InChI is InChI=1S/C13H19NO2/c1-3-13-7-5-4-6-11(13)10(8-15)12(16)14(2)9-13/h3-5,10-11,15H,1,6-9H2,2H3/t10-,11+,13-/m0/s1. The molecule has 1 saturated heterocycles. The van der Waals surface area contributed by atoms with Gasteiger partial charge in [0.2, 0.25) is 5.91 Å². The largest absolute Gasteiger partial charge is 0.396 e. The summed E-state index contributed by atoms with van der Waals surface area (Å²) in [6.45, 7) is 4.60. The number of carbonyl (C=O) groups excluding carboxylic acids is 1. The number of hydrogen-bond donors (Lipinski definition) is 1. The van der Waals surface area contributed by atoms with Crippen LogP contribution in [-0.2, 0) is 4.79 Å². The number of likely N-dealkylation sites (tertiary alicyclic amines) is 1. The van der Waals surface area contributed by atoms with E-state index in [1.807, 2.05) is 13.1 Å². The van der Waals surface area contributed by atoms with Crippen LogP contribution in [0, 0.1) is 17.3 Å². The van der Waals surface area contributed by atoms with Gasteiger partial charge in [-0.2, -0.15) is 0 Å². The Balaban J connectivity index is 2.38. The van der Waals surface area contributed by atoms with Crippen molar-refractivity contribution in [2.24, 2.45) is 17.3 Å². The van der Waals surface area contributed by atoms with E-state index in [4.69, 9.17) is 0 Å². The van der Waals surface area contributed by atoms with Gasteiger partial charge < -0.3 is 10.0 Å². The highest BCUT2D eigenvalue weighted by Gasteiger charge is 2.49. The second kappa shape index (κ2) is 4.06. The molecular formula is C13H19NO2. The maximum Gasteiger partial charge on any atom is 0.228 e. The lowest BCUT2D eigenvalue weighted by atomic mass is 9.61. The molecule has 1 N–H and O–H groups in total. The maximum atomic E-state index is 12.0. The molecule has 0 saturated carbocycles. The predicted molar refractivity (Wildman–Crippen MR) is 62.7 cm³/mol. The Morgan fingerprint density at radius 2 is 2.44 bits per heavy atom. The average Bonchev–Trinajstić information content (AvgIpc) is 2.31. The summed E-state index contributed by atoms with van der Waals surface area (Å²) in [4.78, 5) is 13.7. The first-order chi connectivity index (χ1) is 7.64. The highest BCUT2D eigenvalue weighted by Crippen LogP contribution is 2.47. The van der Waals surface area contributed by atoms with Gasteiger partial charge in [0.1, 0.15) is 0 Å². The number of aliphatic hydroxyl groups excluding tert-OH is 1. The fourth-order valence-electron chi connectivity index (χ4n) is 3.16. The topological polar surface area (TPSA) is 40.5 Å². The fraction of sp³-hybridized carbons (Fsp3) is 0.615. The molecule has 1 aliphatic heterocycles. The van der Waals surface area contributed by atoms with E-state index < -0.39 is 0 Å². The monoisotopic (exact) mass is 221 g/mol. The van der Waals surface area contributed by atoms with Crippen molar-refractivity contribution in [3.05, 3.63) is 24.8 Å². The van der Waals surface area contributed by atoms with E-state index in [9.17, 15) is 9.90 Å². The van der Waals surface area contributed by atoms with Crippen molar-refractivity contribution in [3.63, 3.8) is 0 Å². The SMILES string of the molecule is C=C[C@@]12CC=CC[C@@H]1[C@H](CO)C(=O)N(C)C2. The number of allylic oxidation sites excluding steroid dienone is 2. The molecule has 0 radical (unpaired) electrons. The van der Waals surface area contributed by atoms with Gasteiger partial charge in [0, 0.05) is 19.0 Å². The van der Waals surface area contributed by atoms with Gasteiger partial charge in [0.05, 0.1) is 12.5 Å². The fourth-order valence-corrected chi connectivity index (χ4v) is 3.16. The molecule has 1 aliphatic carbocycles. The molecule has 0 spiro atoms. The molecule has 1 heterocycles. The van der Waals surface area contributed by atoms with Gasteiger partial charge in [-0.1, -0.05) is 18.2 Å². The van der Waals surface area contributed by atoms with Gasteiger partial charge in [-0.3, -0.25) is 4.79 Å². The summed E-state index contributed by atoms with van der Waals surface area (Å²) in [5.41, 5.74) is -0.0369. The van der Waals surface area contributed by atoms with Crippen LogP contribution in [0.25, 0.3) is 0 Å². The van der Waals surface area contributed by atoms with Gasteiger partial charge in [-0.15, -0.1) is 6.58 Å². The van der Waals surface area contributed by atoms with Gasteiger partial charge in [0.15, 0.2) is 0 Å². The van der Waals surface area contributed by atoms with E-state index in [0.717, 1.165) is 19.4 Å². The number of piperidine rings is 1. The molecule has 1 fully saturated rings. The minimum atomic E-state index is -0.262. The predicted octanol–water partition coefficient (Wildman–Crippen LogP) is 1.21. The Kier molecular flexibility index (Phi) is 2.89. The lowest BCUT2D eigenvalue weighted by Crippen LogP contribution is -2.55. The second-order valence-electron chi connectivity index (χ2n) is 4.94. The van der Waals surface area contributed by atoms with Crippen molar-refractivity contribution in [1.82, 2.24) is 4.90 Å². The summed E-state index contributed by atoms with van der Waals surface area (Å²) < 4.78 is 0. The average molecular weight is 221 g/mol. The Labute approximate surface area is 96.4 Å². The smallest absolute Gasteiger partial charge is 0.228 e. The number of rotatable bonds is 2. The van der Waals surface area contributed by atoms with Crippen molar-refractivity contribution >= 4 is 5.91 Å². The molecular weight excluding hydrogens is 202 g/mol. The van der Waals surface area contributed by atoms with Crippen molar-refractivity contribution in [3.8, 4) is 0 Å². The van der Waals surface area contributed by atoms with Crippen molar-refractivity contribution in [1.29, 1.82) is 0 Å². The van der Waals surface area contributed by atoms with Gasteiger partial charge >= 0.3 is 0 Å². The minimum absolute atomic E-state index is 0.0369. The zero-order valence-electron chi connectivity index (χ0n) is 9.72. The Hall–Kier alpha value is -1.09. The summed E-state index contributed by atoms with van der Waals surface area (Å²) in [7, 11) is 1.81. The molecule has 1 amide bonds. The molecule has 16 heavy (non-hydrogen) atoms. The summed E-state index contributed by atoms with van der Waals surface area (Å²) in [5, 5.41) is 9.42. The van der Waals surface area contributed by atoms with E-state index in [1.54, 1.807) is 4.90 Å². The Morgan fingerprint density at radius 3 is 3.06 bits per heavy atom. The third-order valence-electron chi connectivity index (χ3n) is 4.11. The molecule has 3 atom stereocenters. The van der Waals surface area contributed by atoms with Gasteiger partial charge in [-0.25, -0.2) is 0 Å². The van der Waals surface area contributed by atoms with Crippen LogP contribution in [0.2, 0.25) is 0 Å². The van der Waals surface area contributed by atoms with Crippen molar-refractivity contribution in [2.45, 2.75) is 12.8 Å². The lowest BCUT2D eigenvalue weighted by molar-refractivity contribution is -0.148. The van der Waals surface area contributed by atoms with E-state index in [0.29, 0.717) is 0 Å². The van der Waals surface area contributed by atoms with Crippen molar-refractivity contribution in [2.75, 3.05) is 20.2 Å². The molecule has 0 bridgehead atoms. The normalized spacial score (nSPS) is 38.4. The summed E-state index contributed by atoms with van der Waals surface area (Å²) in [6.07, 6.45) is 8.06. The minimum Gasteiger partial charge on any atom is -0.396 e. The maximum absolute atomic E-state index is 12.0. The molecule has 3 heteroatoms. The van der Waals surface area contributed by atoms with Crippen LogP contribution in [0.5, 0.6) is 0 Å². The summed E-state index contributed by atoms with van der Waals surface area (Å²) >= 11 is 0. The van der Waals surface area contributed by atoms with E-state index >= 15 is 0 Å². The second-order valence-corrected chi connectivity index (χ2v) is 4.94. The van der Waals surface area contributed by atoms with Crippen molar-refractivity contribution < 1.29 is 9.90 Å². The van der Waals surface area contributed by atoms with Crippen LogP contribution in [0.15, 0.2) is 24.8 Å². The van der Waals surface area contributed by atoms with Gasteiger partial charge in [0.25, 0.3) is 0 Å². The molecule has 3 nitrogen and oxygen atoms in total. The van der Waals surface area contributed by atoms with E-state index in [2.05, 4.69) is 18.7 Å². The van der Waals surface area contributed by atoms with Crippen LogP contribution in [0.1, 0.15) is 12.8 Å². The number of carbonyl (C=O) groups is 1. The first kappa shape index (κ1) is 11.4. The number of amides is 1. The third-order valence-corrected chi connectivity index (χ3v) is 4.11. The molecule has 0 aromatic carbocycles.